The molecule has 0 aliphatic carbocycles. The maximum atomic E-state index is 9.84. The third kappa shape index (κ3) is 3.98. The van der Waals surface area contributed by atoms with Gasteiger partial charge in [0.1, 0.15) is 12.4 Å². The summed E-state index contributed by atoms with van der Waals surface area (Å²) < 4.78 is 5.47. The fraction of sp³-hybridized carbons (Fsp3) is 0.308. The van der Waals surface area contributed by atoms with E-state index in [-0.39, 0.29) is 6.61 Å². The van der Waals surface area contributed by atoms with Gasteiger partial charge in [-0.1, -0.05) is 11.6 Å². The summed E-state index contributed by atoms with van der Waals surface area (Å²) in [6.07, 6.45) is -0.0417. The topological polar surface area (TPSA) is 42.4 Å². The minimum absolute atomic E-state index is 0.248. The molecule has 0 saturated carbocycles. The van der Waals surface area contributed by atoms with Gasteiger partial charge in [-0.2, -0.15) is 0 Å². The quantitative estimate of drug-likeness (QED) is 0.917. The highest BCUT2D eigenvalue weighted by Crippen LogP contribution is 2.16. The molecule has 1 heterocycles. The van der Waals surface area contributed by atoms with Crippen LogP contribution in [-0.4, -0.2) is 22.8 Å². The van der Waals surface area contributed by atoms with Crippen molar-refractivity contribution in [2.24, 2.45) is 0 Å². The van der Waals surface area contributed by atoms with Gasteiger partial charge < -0.3 is 9.84 Å². The lowest BCUT2D eigenvalue weighted by Gasteiger charge is -2.11. The minimum Gasteiger partial charge on any atom is -0.491 e. The van der Waals surface area contributed by atoms with Crippen molar-refractivity contribution >= 4 is 22.9 Å². The average Bonchev–Trinajstić information content (AvgIpc) is 2.74. The number of ether oxygens (including phenoxy) is 1. The molecule has 3 nitrogen and oxygen atoms in total. The largest absolute Gasteiger partial charge is 0.491 e. The van der Waals surface area contributed by atoms with Crippen molar-refractivity contribution in [2.45, 2.75) is 19.4 Å². The van der Waals surface area contributed by atoms with Gasteiger partial charge >= 0.3 is 0 Å². The van der Waals surface area contributed by atoms with Crippen LogP contribution in [0.25, 0.3) is 0 Å². The van der Waals surface area contributed by atoms with Crippen molar-refractivity contribution < 1.29 is 9.84 Å². The van der Waals surface area contributed by atoms with Gasteiger partial charge in [-0.25, -0.2) is 4.98 Å². The van der Waals surface area contributed by atoms with Gasteiger partial charge in [0.25, 0.3) is 0 Å². The molecule has 0 amide bonds. The fourth-order valence-corrected chi connectivity index (χ4v) is 2.28. The zero-order chi connectivity index (χ0) is 13.0. The number of aliphatic hydroxyl groups excluding tert-OH is 1. The lowest BCUT2D eigenvalue weighted by Crippen LogP contribution is -2.20. The van der Waals surface area contributed by atoms with Crippen LogP contribution >= 0.6 is 22.9 Å². The molecule has 1 unspecified atom stereocenters. The molecule has 1 atom stereocenters. The number of aliphatic hydroxyl groups is 1. The van der Waals surface area contributed by atoms with E-state index in [2.05, 4.69) is 4.98 Å². The Kier molecular flexibility index (Phi) is 4.58. The Hall–Kier alpha value is -1.10. The van der Waals surface area contributed by atoms with Crippen LogP contribution in [-0.2, 0) is 6.42 Å². The van der Waals surface area contributed by atoms with Crippen LogP contribution in [0, 0.1) is 6.92 Å². The van der Waals surface area contributed by atoms with Crippen molar-refractivity contribution in [1.29, 1.82) is 0 Å². The summed E-state index contributed by atoms with van der Waals surface area (Å²) >= 11 is 7.36. The molecule has 96 valence electrons. The van der Waals surface area contributed by atoms with Crippen LogP contribution in [0.1, 0.15) is 10.7 Å². The number of nitrogens with zero attached hydrogens (tertiary/aromatic N) is 1. The van der Waals surface area contributed by atoms with Crippen LogP contribution in [0.15, 0.2) is 29.6 Å². The van der Waals surface area contributed by atoms with E-state index >= 15 is 0 Å². The highest BCUT2D eigenvalue weighted by atomic mass is 35.5. The number of thiazole rings is 1. The van der Waals surface area contributed by atoms with E-state index in [1.165, 1.54) is 0 Å². The molecule has 0 spiro atoms. The number of halogens is 1. The van der Waals surface area contributed by atoms with Crippen molar-refractivity contribution in [3.63, 3.8) is 0 Å². The minimum atomic E-state index is -0.554. The summed E-state index contributed by atoms with van der Waals surface area (Å²) in [7, 11) is 0. The zero-order valence-electron chi connectivity index (χ0n) is 9.97. The Balaban J connectivity index is 1.81. The molecule has 1 aromatic heterocycles. The molecule has 2 aromatic rings. The highest BCUT2D eigenvalue weighted by Gasteiger charge is 2.09. The Morgan fingerprint density at radius 2 is 2.11 bits per heavy atom. The van der Waals surface area contributed by atoms with E-state index in [4.69, 9.17) is 16.3 Å². The van der Waals surface area contributed by atoms with E-state index in [1.54, 1.807) is 35.6 Å². The number of aromatic nitrogens is 1. The van der Waals surface area contributed by atoms with Crippen LogP contribution < -0.4 is 4.74 Å². The first-order valence-electron chi connectivity index (χ1n) is 5.61. The number of hydrogen-bond acceptors (Lipinski definition) is 4. The van der Waals surface area contributed by atoms with Crippen LogP contribution in [0.2, 0.25) is 5.02 Å². The molecule has 18 heavy (non-hydrogen) atoms. The van der Waals surface area contributed by atoms with E-state index < -0.39 is 6.10 Å². The number of hydrogen-bond donors (Lipinski definition) is 1. The maximum absolute atomic E-state index is 9.84. The van der Waals surface area contributed by atoms with Gasteiger partial charge in [0.05, 0.1) is 16.8 Å². The van der Waals surface area contributed by atoms with Crippen molar-refractivity contribution in [3.8, 4) is 5.75 Å². The van der Waals surface area contributed by atoms with Crippen LogP contribution in [0.4, 0.5) is 0 Å². The standard InChI is InChI=1S/C13H14ClNO2S/c1-9-15-11(8-18-9)6-12(16)7-17-13-4-2-10(14)3-5-13/h2-5,8,12,16H,6-7H2,1H3. The van der Waals surface area contributed by atoms with Crippen LogP contribution in [0.5, 0.6) is 5.75 Å². The first kappa shape index (κ1) is 13.3. The maximum Gasteiger partial charge on any atom is 0.119 e. The van der Waals surface area contributed by atoms with Gasteiger partial charge in [0, 0.05) is 16.8 Å². The Labute approximate surface area is 115 Å². The van der Waals surface area contributed by atoms with Gasteiger partial charge in [0.2, 0.25) is 0 Å². The SMILES string of the molecule is Cc1nc(CC(O)COc2ccc(Cl)cc2)cs1. The van der Waals surface area contributed by atoms with Gasteiger partial charge in [-0.15, -0.1) is 11.3 Å². The van der Waals surface area contributed by atoms with E-state index in [0.717, 1.165) is 10.7 Å². The molecule has 0 radical (unpaired) electrons. The molecule has 0 saturated heterocycles. The monoisotopic (exact) mass is 283 g/mol. The Morgan fingerprint density at radius 1 is 1.39 bits per heavy atom. The summed E-state index contributed by atoms with van der Waals surface area (Å²) in [5.41, 5.74) is 0.907. The number of aryl methyl sites for hydroxylation is 1. The molecule has 1 N–H and O–H groups in total. The van der Waals surface area contributed by atoms with E-state index in [9.17, 15) is 5.11 Å². The van der Waals surface area contributed by atoms with Crippen LogP contribution in [0.3, 0.4) is 0 Å². The average molecular weight is 284 g/mol. The smallest absolute Gasteiger partial charge is 0.119 e. The number of benzene rings is 1. The third-order valence-electron chi connectivity index (χ3n) is 2.37. The van der Waals surface area contributed by atoms with Gasteiger partial charge in [0.15, 0.2) is 0 Å². The normalized spacial score (nSPS) is 12.4. The first-order chi connectivity index (χ1) is 8.63. The van der Waals surface area contributed by atoms with Crippen molar-refractivity contribution in [1.82, 2.24) is 4.98 Å². The highest BCUT2D eigenvalue weighted by molar-refractivity contribution is 7.09. The molecule has 5 heteroatoms. The first-order valence-corrected chi connectivity index (χ1v) is 6.86. The summed E-state index contributed by atoms with van der Waals surface area (Å²) in [5.74, 6) is 0.702. The second-order valence-corrected chi connectivity index (χ2v) is 5.48. The van der Waals surface area contributed by atoms with Gasteiger partial charge in [-0.05, 0) is 31.2 Å². The number of rotatable bonds is 5. The molecular formula is C13H14ClNO2S. The van der Waals surface area contributed by atoms with E-state index in [0.29, 0.717) is 17.2 Å². The van der Waals surface area contributed by atoms with Crippen molar-refractivity contribution in [3.05, 3.63) is 45.4 Å². The summed E-state index contributed by atoms with van der Waals surface area (Å²) in [4.78, 5) is 4.30. The molecule has 0 bridgehead atoms. The second-order valence-electron chi connectivity index (χ2n) is 3.98. The van der Waals surface area contributed by atoms with E-state index in [1.807, 2.05) is 12.3 Å². The molecular weight excluding hydrogens is 270 g/mol. The zero-order valence-corrected chi connectivity index (χ0v) is 11.5. The summed E-state index contributed by atoms with van der Waals surface area (Å²) in [6.45, 7) is 2.20. The Morgan fingerprint density at radius 3 is 2.72 bits per heavy atom. The predicted octanol–water partition coefficient (Wildman–Crippen LogP) is 3.09. The summed E-state index contributed by atoms with van der Waals surface area (Å²) in [5, 5.41) is 13.5. The fourth-order valence-electron chi connectivity index (χ4n) is 1.53. The molecule has 0 aliphatic heterocycles. The molecule has 1 aromatic carbocycles. The summed E-state index contributed by atoms with van der Waals surface area (Å²) in [6, 6.07) is 7.07. The lowest BCUT2D eigenvalue weighted by molar-refractivity contribution is 0.107. The lowest BCUT2D eigenvalue weighted by atomic mass is 10.2. The molecule has 2 rings (SSSR count). The molecule has 0 fully saturated rings. The predicted molar refractivity (Wildman–Crippen MR) is 73.5 cm³/mol. The molecule has 0 aliphatic rings. The third-order valence-corrected chi connectivity index (χ3v) is 3.44. The Bertz CT molecular complexity index is 498. The van der Waals surface area contributed by atoms with Crippen molar-refractivity contribution in [2.75, 3.05) is 6.61 Å². The van der Waals surface area contributed by atoms with Gasteiger partial charge in [-0.3, -0.25) is 0 Å². The second kappa shape index (κ2) is 6.18.